The van der Waals surface area contributed by atoms with Gasteiger partial charge >= 0.3 is 5.97 Å². The fourth-order valence-corrected chi connectivity index (χ4v) is 1.83. The number of hydrogen-bond donors (Lipinski definition) is 2. The molecule has 1 aromatic carbocycles. The lowest BCUT2D eigenvalue weighted by Gasteiger charge is -2.21. The molecule has 0 aliphatic rings. The highest BCUT2D eigenvalue weighted by Gasteiger charge is 2.28. The van der Waals surface area contributed by atoms with Crippen molar-refractivity contribution in [2.45, 2.75) is 20.4 Å². The minimum absolute atomic E-state index is 0.00329. The van der Waals surface area contributed by atoms with Crippen molar-refractivity contribution in [1.82, 2.24) is 0 Å². The summed E-state index contributed by atoms with van der Waals surface area (Å²) in [4.78, 5) is 11.0. The standard InChI is InChI=1S/C12H15Cl2NO3/c1-12(2,11(16)17)6-18-10-7(5-15)3-8(13)4-9(10)14/h3-4H,5-6,15H2,1-2H3,(H,16,17). The summed E-state index contributed by atoms with van der Waals surface area (Å²) in [6, 6.07) is 3.18. The lowest BCUT2D eigenvalue weighted by atomic mass is 9.95. The molecule has 0 aliphatic carbocycles. The molecule has 100 valence electrons. The maximum absolute atomic E-state index is 11.0. The van der Waals surface area contributed by atoms with Gasteiger partial charge < -0.3 is 15.6 Å². The van der Waals surface area contributed by atoms with Crippen LogP contribution in [0.25, 0.3) is 0 Å². The molecule has 18 heavy (non-hydrogen) atoms. The van der Waals surface area contributed by atoms with Crippen molar-refractivity contribution in [3.05, 3.63) is 27.7 Å². The zero-order chi connectivity index (χ0) is 13.9. The van der Waals surface area contributed by atoms with Gasteiger partial charge in [-0.15, -0.1) is 0 Å². The summed E-state index contributed by atoms with van der Waals surface area (Å²) in [6.07, 6.45) is 0. The minimum atomic E-state index is -1.01. The van der Waals surface area contributed by atoms with Crippen molar-refractivity contribution in [3.63, 3.8) is 0 Å². The van der Waals surface area contributed by atoms with Crippen LogP contribution in [-0.2, 0) is 11.3 Å². The summed E-state index contributed by atoms with van der Waals surface area (Å²) in [5.74, 6) is -0.556. The Labute approximate surface area is 116 Å². The first kappa shape index (κ1) is 15.1. The van der Waals surface area contributed by atoms with E-state index in [1.54, 1.807) is 19.9 Å². The predicted octanol–water partition coefficient (Wildman–Crippen LogP) is 2.94. The number of halogens is 2. The molecule has 1 aromatic rings. The first-order valence-electron chi connectivity index (χ1n) is 5.32. The number of carboxylic acid groups (broad SMARTS) is 1. The van der Waals surface area contributed by atoms with Crippen molar-refractivity contribution in [3.8, 4) is 5.75 Å². The van der Waals surface area contributed by atoms with Crippen molar-refractivity contribution >= 4 is 29.2 Å². The van der Waals surface area contributed by atoms with E-state index < -0.39 is 11.4 Å². The molecule has 0 saturated heterocycles. The number of nitrogens with two attached hydrogens (primary N) is 1. The van der Waals surface area contributed by atoms with E-state index in [0.29, 0.717) is 21.4 Å². The van der Waals surface area contributed by atoms with Crippen LogP contribution in [0.2, 0.25) is 10.0 Å². The quantitative estimate of drug-likeness (QED) is 0.875. The van der Waals surface area contributed by atoms with Crippen molar-refractivity contribution in [1.29, 1.82) is 0 Å². The van der Waals surface area contributed by atoms with Crippen LogP contribution < -0.4 is 10.5 Å². The van der Waals surface area contributed by atoms with Gasteiger partial charge in [0, 0.05) is 17.1 Å². The van der Waals surface area contributed by atoms with Gasteiger partial charge in [-0.25, -0.2) is 0 Å². The Morgan fingerprint density at radius 3 is 2.56 bits per heavy atom. The number of carbonyl (C=O) groups is 1. The summed E-state index contributed by atoms with van der Waals surface area (Å²) in [5.41, 5.74) is 5.22. The highest BCUT2D eigenvalue weighted by Crippen LogP contribution is 2.33. The third kappa shape index (κ3) is 3.51. The molecular weight excluding hydrogens is 277 g/mol. The second-order valence-electron chi connectivity index (χ2n) is 4.56. The normalized spacial score (nSPS) is 11.4. The summed E-state index contributed by atoms with van der Waals surface area (Å²) in [6.45, 7) is 3.35. The van der Waals surface area contributed by atoms with Crippen LogP contribution in [0.1, 0.15) is 19.4 Å². The molecule has 4 nitrogen and oxygen atoms in total. The monoisotopic (exact) mass is 291 g/mol. The fraction of sp³-hybridized carbons (Fsp3) is 0.417. The Balaban J connectivity index is 2.95. The molecule has 6 heteroatoms. The van der Waals surface area contributed by atoms with Gasteiger partial charge in [-0.2, -0.15) is 0 Å². The van der Waals surface area contributed by atoms with Crippen LogP contribution in [0.3, 0.4) is 0 Å². The van der Waals surface area contributed by atoms with E-state index in [0.717, 1.165) is 0 Å². The molecule has 1 rings (SSSR count). The van der Waals surface area contributed by atoms with Crippen molar-refractivity contribution in [2.75, 3.05) is 6.61 Å². The lowest BCUT2D eigenvalue weighted by molar-refractivity contribution is -0.148. The number of carboxylic acids is 1. The van der Waals surface area contributed by atoms with E-state index in [1.807, 2.05) is 0 Å². The highest BCUT2D eigenvalue weighted by atomic mass is 35.5. The molecule has 3 N–H and O–H groups in total. The molecule has 0 fully saturated rings. The molecule has 0 aliphatic heterocycles. The van der Waals surface area contributed by atoms with Crippen LogP contribution in [0.4, 0.5) is 0 Å². The van der Waals surface area contributed by atoms with E-state index >= 15 is 0 Å². The maximum atomic E-state index is 11.0. The zero-order valence-corrected chi connectivity index (χ0v) is 11.7. The first-order chi connectivity index (χ1) is 8.27. The molecule has 0 heterocycles. The Morgan fingerprint density at radius 1 is 1.44 bits per heavy atom. The van der Waals surface area contributed by atoms with E-state index in [-0.39, 0.29) is 13.2 Å². The average molecular weight is 292 g/mol. The summed E-state index contributed by atoms with van der Waals surface area (Å²) >= 11 is 11.9. The Bertz CT molecular complexity index is 461. The van der Waals surface area contributed by atoms with E-state index in [1.165, 1.54) is 6.07 Å². The van der Waals surface area contributed by atoms with Gasteiger partial charge in [0.05, 0.1) is 10.4 Å². The molecule has 0 unspecified atom stereocenters. The van der Waals surface area contributed by atoms with Gasteiger partial charge in [-0.05, 0) is 26.0 Å². The molecule has 0 aromatic heterocycles. The highest BCUT2D eigenvalue weighted by molar-refractivity contribution is 6.35. The Morgan fingerprint density at radius 2 is 2.06 bits per heavy atom. The number of aliphatic carboxylic acids is 1. The molecular formula is C12H15Cl2NO3. The predicted molar refractivity (Wildman–Crippen MR) is 71.3 cm³/mol. The Kier molecular flexibility index (Phi) is 4.85. The van der Waals surface area contributed by atoms with Crippen molar-refractivity contribution in [2.24, 2.45) is 11.1 Å². The average Bonchev–Trinajstić information content (AvgIpc) is 2.26. The summed E-state index contributed by atoms with van der Waals surface area (Å²) in [7, 11) is 0. The van der Waals surface area contributed by atoms with Crippen LogP contribution in [0.5, 0.6) is 5.75 Å². The molecule has 0 radical (unpaired) electrons. The largest absolute Gasteiger partial charge is 0.491 e. The molecule has 0 saturated carbocycles. The maximum Gasteiger partial charge on any atom is 0.312 e. The van der Waals surface area contributed by atoms with Gasteiger partial charge in [0.1, 0.15) is 12.4 Å². The number of hydrogen-bond acceptors (Lipinski definition) is 3. The smallest absolute Gasteiger partial charge is 0.312 e. The second kappa shape index (κ2) is 5.78. The van der Waals surface area contributed by atoms with E-state index in [4.69, 9.17) is 38.8 Å². The fourth-order valence-electron chi connectivity index (χ4n) is 1.24. The topological polar surface area (TPSA) is 72.5 Å². The SMILES string of the molecule is CC(C)(COc1c(Cl)cc(Cl)cc1CN)C(=O)O. The molecule has 0 bridgehead atoms. The van der Waals surface area contributed by atoms with Crippen LogP contribution in [0.15, 0.2) is 12.1 Å². The third-order valence-corrected chi connectivity index (χ3v) is 2.96. The summed E-state index contributed by atoms with van der Waals surface area (Å²) in [5, 5.41) is 9.79. The van der Waals surface area contributed by atoms with Gasteiger partial charge in [0.2, 0.25) is 0 Å². The van der Waals surface area contributed by atoms with E-state index in [2.05, 4.69) is 0 Å². The number of rotatable bonds is 5. The zero-order valence-electron chi connectivity index (χ0n) is 10.2. The number of ether oxygens (including phenoxy) is 1. The number of benzene rings is 1. The third-order valence-electron chi connectivity index (χ3n) is 2.46. The van der Waals surface area contributed by atoms with Crippen LogP contribution in [-0.4, -0.2) is 17.7 Å². The Hall–Kier alpha value is -0.970. The molecule has 0 atom stereocenters. The second-order valence-corrected chi connectivity index (χ2v) is 5.40. The molecule has 0 amide bonds. The van der Waals surface area contributed by atoms with Gasteiger partial charge in [0.15, 0.2) is 0 Å². The van der Waals surface area contributed by atoms with Crippen LogP contribution in [0, 0.1) is 5.41 Å². The van der Waals surface area contributed by atoms with E-state index in [9.17, 15) is 4.79 Å². The lowest BCUT2D eigenvalue weighted by Crippen LogP contribution is -2.31. The molecule has 0 spiro atoms. The van der Waals surface area contributed by atoms with Crippen LogP contribution >= 0.6 is 23.2 Å². The van der Waals surface area contributed by atoms with Gasteiger partial charge in [0.25, 0.3) is 0 Å². The van der Waals surface area contributed by atoms with Crippen molar-refractivity contribution < 1.29 is 14.6 Å². The first-order valence-corrected chi connectivity index (χ1v) is 6.07. The minimum Gasteiger partial charge on any atom is -0.491 e. The summed E-state index contributed by atoms with van der Waals surface area (Å²) < 4.78 is 5.49. The van der Waals surface area contributed by atoms with Gasteiger partial charge in [-0.1, -0.05) is 23.2 Å². The van der Waals surface area contributed by atoms with Gasteiger partial charge in [-0.3, -0.25) is 4.79 Å².